The maximum absolute atomic E-state index is 12.3. The van der Waals surface area contributed by atoms with Crippen LogP contribution in [0.1, 0.15) is 11.1 Å². The minimum absolute atomic E-state index is 0.0247. The molecule has 29 heavy (non-hydrogen) atoms. The van der Waals surface area contributed by atoms with Gasteiger partial charge in [-0.1, -0.05) is 36.4 Å². The molecule has 0 heterocycles. The topological polar surface area (TPSA) is 53.2 Å². The molecule has 0 aliphatic heterocycles. The van der Waals surface area contributed by atoms with Crippen LogP contribution in [0.25, 0.3) is 0 Å². The molecule has 0 aliphatic rings. The van der Waals surface area contributed by atoms with Crippen LogP contribution in [0.5, 0.6) is 0 Å². The van der Waals surface area contributed by atoms with Gasteiger partial charge in [0.1, 0.15) is 0 Å². The SMILES string of the molecule is Cc1ccc(C)c(NC(=O)CSc2cccc(NC(=S)Nc3ccccc3)c2)c1. The zero-order valence-electron chi connectivity index (χ0n) is 16.4. The number of anilines is 3. The number of amides is 1. The van der Waals surface area contributed by atoms with Crippen LogP contribution in [-0.4, -0.2) is 16.8 Å². The van der Waals surface area contributed by atoms with Crippen molar-refractivity contribution in [3.05, 3.63) is 83.9 Å². The molecule has 0 fully saturated rings. The Morgan fingerprint density at radius 3 is 2.38 bits per heavy atom. The van der Waals surface area contributed by atoms with Gasteiger partial charge in [0.2, 0.25) is 5.91 Å². The van der Waals surface area contributed by atoms with Crippen molar-refractivity contribution in [3.8, 4) is 0 Å². The summed E-state index contributed by atoms with van der Waals surface area (Å²) in [6.45, 7) is 4.00. The van der Waals surface area contributed by atoms with E-state index in [4.69, 9.17) is 12.2 Å². The van der Waals surface area contributed by atoms with Crippen LogP contribution in [0.4, 0.5) is 17.1 Å². The second kappa shape index (κ2) is 10.1. The van der Waals surface area contributed by atoms with E-state index in [1.54, 1.807) is 0 Å². The van der Waals surface area contributed by atoms with E-state index in [0.717, 1.165) is 33.1 Å². The van der Waals surface area contributed by atoms with Crippen LogP contribution in [0.3, 0.4) is 0 Å². The van der Waals surface area contributed by atoms with Gasteiger partial charge in [0.05, 0.1) is 5.75 Å². The average molecular weight is 422 g/mol. The highest BCUT2D eigenvalue weighted by atomic mass is 32.2. The van der Waals surface area contributed by atoms with E-state index in [-0.39, 0.29) is 5.91 Å². The lowest BCUT2D eigenvalue weighted by Gasteiger charge is -2.12. The number of benzene rings is 3. The average Bonchev–Trinajstić information content (AvgIpc) is 2.70. The number of nitrogens with one attached hydrogen (secondary N) is 3. The van der Waals surface area contributed by atoms with Gasteiger partial charge < -0.3 is 16.0 Å². The van der Waals surface area contributed by atoms with Gasteiger partial charge in [-0.2, -0.15) is 0 Å². The maximum Gasteiger partial charge on any atom is 0.234 e. The molecular weight excluding hydrogens is 398 g/mol. The van der Waals surface area contributed by atoms with Crippen molar-refractivity contribution in [1.29, 1.82) is 0 Å². The summed E-state index contributed by atoms with van der Waals surface area (Å²) >= 11 is 6.86. The maximum atomic E-state index is 12.3. The highest BCUT2D eigenvalue weighted by Crippen LogP contribution is 2.23. The Labute approximate surface area is 181 Å². The lowest BCUT2D eigenvalue weighted by atomic mass is 10.1. The Hall–Kier alpha value is -2.83. The van der Waals surface area contributed by atoms with E-state index in [9.17, 15) is 4.79 Å². The molecule has 0 saturated heterocycles. The first-order valence-electron chi connectivity index (χ1n) is 9.22. The van der Waals surface area contributed by atoms with Crippen LogP contribution in [0.2, 0.25) is 0 Å². The molecule has 1 amide bonds. The van der Waals surface area contributed by atoms with Gasteiger partial charge in [0.25, 0.3) is 0 Å². The monoisotopic (exact) mass is 421 g/mol. The normalized spacial score (nSPS) is 10.3. The van der Waals surface area contributed by atoms with E-state index < -0.39 is 0 Å². The Bertz CT molecular complexity index is 1010. The number of hydrogen-bond donors (Lipinski definition) is 3. The molecule has 0 bridgehead atoms. The zero-order chi connectivity index (χ0) is 20.6. The molecule has 0 aromatic heterocycles. The van der Waals surface area contributed by atoms with Gasteiger partial charge in [-0.3, -0.25) is 4.79 Å². The minimum Gasteiger partial charge on any atom is -0.332 e. The molecule has 3 N–H and O–H groups in total. The predicted octanol–water partition coefficient (Wildman–Crippen LogP) is 5.84. The number of hydrogen-bond acceptors (Lipinski definition) is 3. The summed E-state index contributed by atoms with van der Waals surface area (Å²) in [5, 5.41) is 9.83. The fourth-order valence-electron chi connectivity index (χ4n) is 2.68. The number of carbonyl (C=O) groups is 1. The lowest BCUT2D eigenvalue weighted by molar-refractivity contribution is -0.113. The second-order valence-electron chi connectivity index (χ2n) is 6.63. The first-order chi connectivity index (χ1) is 14.0. The van der Waals surface area contributed by atoms with Crippen LogP contribution in [-0.2, 0) is 4.79 Å². The molecule has 0 radical (unpaired) electrons. The lowest BCUT2D eigenvalue weighted by Crippen LogP contribution is -2.19. The molecule has 0 unspecified atom stereocenters. The summed E-state index contributed by atoms with van der Waals surface area (Å²) in [4.78, 5) is 13.3. The predicted molar refractivity (Wildman–Crippen MR) is 128 cm³/mol. The number of para-hydroxylation sites is 1. The molecule has 3 aromatic rings. The van der Waals surface area contributed by atoms with Gasteiger partial charge in [0, 0.05) is 22.0 Å². The highest BCUT2D eigenvalue weighted by molar-refractivity contribution is 8.00. The molecule has 3 aromatic carbocycles. The van der Waals surface area contributed by atoms with Gasteiger partial charge in [-0.15, -0.1) is 11.8 Å². The van der Waals surface area contributed by atoms with Crippen LogP contribution in [0.15, 0.2) is 77.7 Å². The third kappa shape index (κ3) is 6.62. The van der Waals surface area contributed by atoms with E-state index in [2.05, 4.69) is 16.0 Å². The Balaban J connectivity index is 1.53. The van der Waals surface area contributed by atoms with Crippen molar-refractivity contribution in [2.75, 3.05) is 21.7 Å². The van der Waals surface area contributed by atoms with Crippen molar-refractivity contribution in [2.45, 2.75) is 18.7 Å². The zero-order valence-corrected chi connectivity index (χ0v) is 18.0. The largest absolute Gasteiger partial charge is 0.332 e. The Kier molecular flexibility index (Phi) is 7.27. The summed E-state index contributed by atoms with van der Waals surface area (Å²) in [6.07, 6.45) is 0. The van der Waals surface area contributed by atoms with Crippen molar-refractivity contribution < 1.29 is 4.79 Å². The van der Waals surface area contributed by atoms with E-state index in [0.29, 0.717) is 10.9 Å². The van der Waals surface area contributed by atoms with Crippen LogP contribution >= 0.6 is 24.0 Å². The van der Waals surface area contributed by atoms with Crippen molar-refractivity contribution >= 4 is 52.1 Å². The second-order valence-corrected chi connectivity index (χ2v) is 8.09. The number of rotatable bonds is 6. The summed E-state index contributed by atoms with van der Waals surface area (Å²) in [5.41, 5.74) is 4.84. The summed E-state index contributed by atoms with van der Waals surface area (Å²) in [7, 11) is 0. The standard InChI is InChI=1S/C23H23N3OS2/c1-16-11-12-17(2)21(13-16)26-22(27)15-29-20-10-6-9-19(14-20)25-23(28)24-18-7-4-3-5-8-18/h3-14H,15H2,1-2H3,(H,26,27)(H2,24,25,28). The van der Waals surface area contributed by atoms with E-state index in [1.165, 1.54) is 11.8 Å². The first kappa shape index (κ1) is 20.9. The van der Waals surface area contributed by atoms with Crippen LogP contribution in [0, 0.1) is 13.8 Å². The number of thiocarbonyl (C=S) groups is 1. The third-order valence-electron chi connectivity index (χ3n) is 4.16. The van der Waals surface area contributed by atoms with Gasteiger partial charge in [-0.25, -0.2) is 0 Å². The number of thioether (sulfide) groups is 1. The van der Waals surface area contributed by atoms with Gasteiger partial charge >= 0.3 is 0 Å². The minimum atomic E-state index is -0.0247. The van der Waals surface area contributed by atoms with Crippen molar-refractivity contribution in [2.24, 2.45) is 0 Å². The quantitative estimate of drug-likeness (QED) is 0.345. The molecule has 0 atom stereocenters. The number of aryl methyl sites for hydroxylation is 2. The van der Waals surface area contributed by atoms with Gasteiger partial charge in [-0.05, 0) is 73.6 Å². The molecule has 0 spiro atoms. The number of carbonyl (C=O) groups excluding carboxylic acids is 1. The first-order valence-corrected chi connectivity index (χ1v) is 10.6. The Morgan fingerprint density at radius 2 is 1.59 bits per heavy atom. The highest BCUT2D eigenvalue weighted by Gasteiger charge is 2.07. The summed E-state index contributed by atoms with van der Waals surface area (Å²) in [5.74, 6) is 0.312. The molecule has 4 nitrogen and oxygen atoms in total. The van der Waals surface area contributed by atoms with Crippen molar-refractivity contribution in [1.82, 2.24) is 0 Å². The Morgan fingerprint density at radius 1 is 0.862 bits per heavy atom. The molecular formula is C23H23N3OS2. The smallest absolute Gasteiger partial charge is 0.234 e. The summed E-state index contributed by atoms with van der Waals surface area (Å²) < 4.78 is 0. The third-order valence-corrected chi connectivity index (χ3v) is 5.36. The van der Waals surface area contributed by atoms with Crippen LogP contribution < -0.4 is 16.0 Å². The molecule has 6 heteroatoms. The van der Waals surface area contributed by atoms with Crippen molar-refractivity contribution in [3.63, 3.8) is 0 Å². The fraction of sp³-hybridized carbons (Fsp3) is 0.130. The summed E-state index contributed by atoms with van der Waals surface area (Å²) in [6, 6.07) is 23.7. The fourth-order valence-corrected chi connectivity index (χ4v) is 3.67. The molecule has 148 valence electrons. The molecule has 0 saturated carbocycles. The van der Waals surface area contributed by atoms with Gasteiger partial charge in [0.15, 0.2) is 5.11 Å². The van der Waals surface area contributed by atoms with E-state index in [1.807, 2.05) is 86.6 Å². The molecule has 3 rings (SSSR count). The molecule has 0 aliphatic carbocycles. The van der Waals surface area contributed by atoms with E-state index >= 15 is 0 Å².